The summed E-state index contributed by atoms with van der Waals surface area (Å²) in [6, 6.07) is 5.67. The van der Waals surface area contributed by atoms with Gasteiger partial charge in [0.2, 0.25) is 0 Å². The summed E-state index contributed by atoms with van der Waals surface area (Å²) in [4.78, 5) is 22.7. The number of carboxylic acid groups (broad SMARTS) is 1. The largest absolute Gasteiger partial charge is 0.481 e. The molecule has 102 valence electrons. The van der Waals surface area contributed by atoms with Crippen LogP contribution in [0.1, 0.15) is 0 Å². The van der Waals surface area contributed by atoms with Crippen LogP contribution in [0.4, 0.5) is 10.5 Å². The third kappa shape index (κ3) is 3.59. The van der Waals surface area contributed by atoms with Gasteiger partial charge < -0.3 is 20.5 Å². The van der Waals surface area contributed by atoms with E-state index in [0.717, 1.165) is 0 Å². The van der Waals surface area contributed by atoms with Crippen LogP contribution in [0.3, 0.4) is 0 Å². The lowest BCUT2D eigenvalue weighted by Crippen LogP contribution is -2.44. The number of anilines is 1. The van der Waals surface area contributed by atoms with E-state index in [2.05, 4.69) is 10.6 Å². The lowest BCUT2D eigenvalue weighted by atomic mass is 10.0. The molecule has 2 unspecified atom stereocenters. The molecule has 1 heterocycles. The lowest BCUT2D eigenvalue weighted by molar-refractivity contribution is -0.142. The quantitative estimate of drug-likeness (QED) is 0.786. The molecule has 7 heteroatoms. The minimum absolute atomic E-state index is 0.109. The van der Waals surface area contributed by atoms with E-state index in [4.69, 9.17) is 21.4 Å². The molecule has 1 saturated heterocycles. The Kier molecular flexibility index (Phi) is 4.24. The van der Waals surface area contributed by atoms with Gasteiger partial charge in [-0.2, -0.15) is 0 Å². The Hall–Kier alpha value is -1.79. The fourth-order valence-corrected chi connectivity index (χ4v) is 2.03. The van der Waals surface area contributed by atoms with Crippen molar-refractivity contribution in [2.24, 2.45) is 5.92 Å². The summed E-state index contributed by atoms with van der Waals surface area (Å²) in [5.41, 5.74) is 0.538. The maximum absolute atomic E-state index is 11.7. The molecule has 3 N–H and O–H groups in total. The Balaban J connectivity index is 1.92. The van der Waals surface area contributed by atoms with Gasteiger partial charge in [-0.25, -0.2) is 4.79 Å². The molecule has 1 aromatic rings. The van der Waals surface area contributed by atoms with Crippen molar-refractivity contribution >= 4 is 29.3 Å². The molecule has 2 rings (SSSR count). The molecular weight excluding hydrogens is 272 g/mol. The van der Waals surface area contributed by atoms with E-state index in [1.54, 1.807) is 24.3 Å². The predicted octanol–water partition coefficient (Wildman–Crippen LogP) is 1.56. The molecule has 0 aromatic heterocycles. The molecular formula is C12H13ClN2O4. The zero-order valence-corrected chi connectivity index (χ0v) is 10.7. The number of amides is 2. The highest BCUT2D eigenvalue weighted by Crippen LogP contribution is 2.16. The number of hydrogen-bond acceptors (Lipinski definition) is 3. The van der Waals surface area contributed by atoms with Crippen LogP contribution in [0.25, 0.3) is 0 Å². The minimum atomic E-state index is -0.981. The molecule has 0 aliphatic carbocycles. The van der Waals surface area contributed by atoms with Crippen molar-refractivity contribution in [3.05, 3.63) is 29.3 Å². The van der Waals surface area contributed by atoms with Crippen LogP contribution in [0.2, 0.25) is 5.02 Å². The highest BCUT2D eigenvalue weighted by Gasteiger charge is 2.35. The maximum Gasteiger partial charge on any atom is 0.319 e. The van der Waals surface area contributed by atoms with E-state index < -0.39 is 24.0 Å². The second-order valence-electron chi connectivity index (χ2n) is 4.20. The normalized spacial score (nSPS) is 21.9. The number of hydrogen-bond donors (Lipinski definition) is 3. The van der Waals surface area contributed by atoms with Crippen LogP contribution < -0.4 is 10.6 Å². The number of rotatable bonds is 3. The number of benzene rings is 1. The summed E-state index contributed by atoms with van der Waals surface area (Å²) in [5.74, 6) is -1.70. The van der Waals surface area contributed by atoms with E-state index in [1.807, 2.05) is 0 Å². The van der Waals surface area contributed by atoms with Gasteiger partial charge in [0.1, 0.15) is 5.92 Å². The highest BCUT2D eigenvalue weighted by molar-refractivity contribution is 6.30. The van der Waals surface area contributed by atoms with Crippen molar-refractivity contribution in [2.75, 3.05) is 18.5 Å². The molecule has 2 amide bonds. The standard InChI is InChI=1S/C12H13ClN2O4/c13-7-2-1-3-8(4-7)14-12(18)15-10-6-19-5-9(10)11(16)17/h1-4,9-10H,5-6H2,(H,16,17)(H2,14,15,18). The average molecular weight is 285 g/mol. The smallest absolute Gasteiger partial charge is 0.319 e. The van der Waals surface area contributed by atoms with Crippen LogP contribution in [-0.2, 0) is 9.53 Å². The van der Waals surface area contributed by atoms with Crippen molar-refractivity contribution in [2.45, 2.75) is 6.04 Å². The van der Waals surface area contributed by atoms with Crippen molar-refractivity contribution in [3.63, 3.8) is 0 Å². The number of urea groups is 1. The number of ether oxygens (including phenoxy) is 1. The fourth-order valence-electron chi connectivity index (χ4n) is 1.84. The first-order valence-corrected chi connectivity index (χ1v) is 6.07. The molecule has 0 bridgehead atoms. The number of carboxylic acids is 1. The first kappa shape index (κ1) is 13.6. The highest BCUT2D eigenvalue weighted by atomic mass is 35.5. The van der Waals surface area contributed by atoms with E-state index >= 15 is 0 Å². The van der Waals surface area contributed by atoms with Gasteiger partial charge in [-0.15, -0.1) is 0 Å². The van der Waals surface area contributed by atoms with E-state index in [1.165, 1.54) is 0 Å². The topological polar surface area (TPSA) is 87.7 Å². The van der Waals surface area contributed by atoms with Crippen molar-refractivity contribution in [1.82, 2.24) is 5.32 Å². The van der Waals surface area contributed by atoms with E-state index in [9.17, 15) is 9.59 Å². The Morgan fingerprint density at radius 2 is 2.16 bits per heavy atom. The summed E-state index contributed by atoms with van der Waals surface area (Å²) in [7, 11) is 0. The Labute approximate surface area is 114 Å². The van der Waals surface area contributed by atoms with E-state index in [0.29, 0.717) is 10.7 Å². The molecule has 1 aliphatic rings. The molecule has 1 aromatic carbocycles. The zero-order valence-electron chi connectivity index (χ0n) is 9.93. The molecule has 1 aliphatic heterocycles. The summed E-state index contributed by atoms with van der Waals surface area (Å²) >= 11 is 5.79. The third-order valence-electron chi connectivity index (χ3n) is 2.80. The second-order valence-corrected chi connectivity index (χ2v) is 4.63. The number of carbonyl (C=O) groups excluding carboxylic acids is 1. The summed E-state index contributed by atoms with van der Waals surface area (Å²) in [6.45, 7) is 0.303. The lowest BCUT2D eigenvalue weighted by Gasteiger charge is -2.16. The van der Waals surface area contributed by atoms with Crippen molar-refractivity contribution < 1.29 is 19.4 Å². The first-order chi connectivity index (χ1) is 9.06. The van der Waals surface area contributed by atoms with Crippen molar-refractivity contribution in [3.8, 4) is 0 Å². The average Bonchev–Trinajstić information content (AvgIpc) is 2.76. The Bertz CT molecular complexity index is 494. The van der Waals surface area contributed by atoms with Gasteiger partial charge in [0, 0.05) is 10.7 Å². The predicted molar refractivity (Wildman–Crippen MR) is 69.3 cm³/mol. The maximum atomic E-state index is 11.7. The summed E-state index contributed by atoms with van der Waals surface area (Å²) in [6.07, 6.45) is 0. The SMILES string of the molecule is O=C(Nc1cccc(Cl)c1)NC1COCC1C(=O)O. The van der Waals surface area contributed by atoms with Crippen LogP contribution in [0.15, 0.2) is 24.3 Å². The van der Waals surface area contributed by atoms with Crippen LogP contribution in [0.5, 0.6) is 0 Å². The molecule has 0 saturated carbocycles. The Morgan fingerprint density at radius 1 is 1.37 bits per heavy atom. The molecule has 0 spiro atoms. The summed E-state index contributed by atoms with van der Waals surface area (Å²) < 4.78 is 5.06. The molecule has 19 heavy (non-hydrogen) atoms. The fraction of sp³-hybridized carbons (Fsp3) is 0.333. The summed E-state index contributed by atoms with van der Waals surface area (Å²) in [5, 5.41) is 14.6. The van der Waals surface area contributed by atoms with Gasteiger partial charge >= 0.3 is 12.0 Å². The van der Waals surface area contributed by atoms with Crippen LogP contribution >= 0.6 is 11.6 Å². The molecule has 1 fully saturated rings. The van der Waals surface area contributed by atoms with Gasteiger partial charge in [-0.3, -0.25) is 4.79 Å². The minimum Gasteiger partial charge on any atom is -0.481 e. The third-order valence-corrected chi connectivity index (χ3v) is 3.03. The number of nitrogens with one attached hydrogen (secondary N) is 2. The number of halogens is 1. The first-order valence-electron chi connectivity index (χ1n) is 5.70. The van der Waals surface area contributed by atoms with Gasteiger partial charge in [0.15, 0.2) is 0 Å². The van der Waals surface area contributed by atoms with Gasteiger partial charge in [0.05, 0.1) is 19.3 Å². The van der Waals surface area contributed by atoms with Gasteiger partial charge in [-0.1, -0.05) is 17.7 Å². The second kappa shape index (κ2) is 5.90. The molecule has 0 radical (unpaired) electrons. The van der Waals surface area contributed by atoms with Gasteiger partial charge in [0.25, 0.3) is 0 Å². The monoisotopic (exact) mass is 284 g/mol. The van der Waals surface area contributed by atoms with Crippen molar-refractivity contribution in [1.29, 1.82) is 0 Å². The van der Waals surface area contributed by atoms with E-state index in [-0.39, 0.29) is 13.2 Å². The molecule has 6 nitrogen and oxygen atoms in total. The molecule has 2 atom stereocenters. The van der Waals surface area contributed by atoms with Gasteiger partial charge in [-0.05, 0) is 18.2 Å². The number of aliphatic carboxylic acids is 1. The van der Waals surface area contributed by atoms with Crippen LogP contribution in [-0.4, -0.2) is 36.4 Å². The number of carbonyl (C=O) groups is 2. The van der Waals surface area contributed by atoms with Crippen LogP contribution in [0, 0.1) is 5.92 Å². The Morgan fingerprint density at radius 3 is 2.84 bits per heavy atom. The zero-order chi connectivity index (χ0) is 13.8.